The van der Waals surface area contributed by atoms with Crippen molar-refractivity contribution in [3.63, 3.8) is 0 Å². The number of oxazole rings is 1. The van der Waals surface area contributed by atoms with E-state index in [1.807, 2.05) is 55.5 Å². The number of rotatable bonds is 8. The van der Waals surface area contributed by atoms with Crippen molar-refractivity contribution in [1.29, 1.82) is 0 Å². The van der Waals surface area contributed by atoms with E-state index in [9.17, 15) is 9.90 Å². The zero-order chi connectivity index (χ0) is 23.5. The Morgan fingerprint density at radius 2 is 1.91 bits per heavy atom. The number of unbranched alkanes of at least 4 members (excludes halogenated alkanes) is 1. The first-order valence-electron chi connectivity index (χ1n) is 11.5. The van der Waals surface area contributed by atoms with Crippen LogP contribution in [0.4, 0.5) is 5.69 Å². The summed E-state index contributed by atoms with van der Waals surface area (Å²) in [5, 5.41) is 9.99. The van der Waals surface area contributed by atoms with Crippen molar-refractivity contribution in [3.05, 3.63) is 71.5 Å². The third-order valence-electron chi connectivity index (χ3n) is 5.93. The molecule has 0 saturated carbocycles. The summed E-state index contributed by atoms with van der Waals surface area (Å²) >= 11 is 0. The van der Waals surface area contributed by atoms with Crippen LogP contribution in [-0.4, -0.2) is 17.6 Å². The van der Waals surface area contributed by atoms with Crippen LogP contribution >= 0.6 is 0 Å². The summed E-state index contributed by atoms with van der Waals surface area (Å²) in [4.78, 5) is 14.3. The van der Waals surface area contributed by atoms with Crippen molar-refractivity contribution in [1.82, 2.24) is 0 Å². The molecule has 0 bridgehead atoms. The fraction of sp³-hybridized carbons (Fsp3) is 0.333. The number of benzene rings is 2. The summed E-state index contributed by atoms with van der Waals surface area (Å²) in [6.07, 6.45) is 7.87. The van der Waals surface area contributed by atoms with Gasteiger partial charge in [0.05, 0.1) is 11.8 Å². The number of carbonyl (C=O) groups is 1. The third kappa shape index (κ3) is 4.51. The maximum atomic E-state index is 12.2. The second-order valence-corrected chi connectivity index (χ2v) is 8.46. The van der Waals surface area contributed by atoms with Crippen LogP contribution in [-0.2, 0) is 4.79 Å². The van der Waals surface area contributed by atoms with E-state index in [-0.39, 0.29) is 0 Å². The molecule has 0 spiro atoms. The van der Waals surface area contributed by atoms with E-state index < -0.39 is 12.0 Å². The molecule has 1 aliphatic heterocycles. The molecule has 2 aromatic carbocycles. The van der Waals surface area contributed by atoms with Crippen LogP contribution in [0.3, 0.4) is 0 Å². The molecule has 172 valence electrons. The van der Waals surface area contributed by atoms with Crippen molar-refractivity contribution in [2.45, 2.75) is 53.0 Å². The molecule has 0 amide bonds. The van der Waals surface area contributed by atoms with Gasteiger partial charge >= 0.3 is 11.9 Å². The summed E-state index contributed by atoms with van der Waals surface area (Å²) in [7, 11) is 0. The van der Waals surface area contributed by atoms with Gasteiger partial charge in [0.15, 0.2) is 5.75 Å². The highest BCUT2D eigenvalue weighted by atomic mass is 16.5. The van der Waals surface area contributed by atoms with Gasteiger partial charge in [0.1, 0.15) is 0 Å². The van der Waals surface area contributed by atoms with Crippen LogP contribution < -0.4 is 14.2 Å². The van der Waals surface area contributed by atoms with E-state index in [4.69, 9.17) is 9.15 Å². The lowest BCUT2D eigenvalue weighted by Crippen LogP contribution is -2.45. The van der Waals surface area contributed by atoms with E-state index in [1.165, 1.54) is 5.56 Å². The number of carboxylic acid groups (broad SMARTS) is 1. The minimum atomic E-state index is -0.854. The first-order valence-corrected chi connectivity index (χ1v) is 11.5. The Balaban J connectivity index is 1.72. The smallest absolute Gasteiger partial charge is 0.374 e. The average molecular weight is 448 g/mol. The minimum Gasteiger partial charge on any atom is -0.476 e. The fourth-order valence-corrected chi connectivity index (χ4v) is 4.25. The SMILES string of the molecule is CCCCC(C(=O)O)[n+]1c(C=CC=C2Oc3ccc(C)cc3N2CC)oc2ccc(C)cc21. The lowest BCUT2D eigenvalue weighted by atomic mass is 10.1. The lowest BCUT2D eigenvalue weighted by Gasteiger charge is -2.15. The van der Waals surface area contributed by atoms with Gasteiger partial charge < -0.3 is 19.2 Å². The number of aliphatic carboxylic acids is 1. The van der Waals surface area contributed by atoms with E-state index in [2.05, 4.69) is 31.7 Å². The van der Waals surface area contributed by atoms with Gasteiger partial charge in [-0.2, -0.15) is 0 Å². The lowest BCUT2D eigenvalue weighted by molar-refractivity contribution is -0.693. The number of hydrogen-bond donors (Lipinski definition) is 1. The molecule has 0 saturated heterocycles. The topological polar surface area (TPSA) is 66.8 Å². The number of aromatic nitrogens is 1. The normalized spacial score (nSPS) is 15.4. The Morgan fingerprint density at radius 3 is 2.64 bits per heavy atom. The third-order valence-corrected chi connectivity index (χ3v) is 5.93. The summed E-state index contributed by atoms with van der Waals surface area (Å²) in [6.45, 7) is 8.98. The highest BCUT2D eigenvalue weighted by molar-refractivity contribution is 5.74. The summed E-state index contributed by atoms with van der Waals surface area (Å²) in [5.74, 6) is 1.22. The molecule has 1 aromatic heterocycles. The van der Waals surface area contributed by atoms with Gasteiger partial charge in [-0.15, -0.1) is 4.57 Å². The van der Waals surface area contributed by atoms with Gasteiger partial charge in [0.2, 0.25) is 11.5 Å². The molecule has 33 heavy (non-hydrogen) atoms. The van der Waals surface area contributed by atoms with Gasteiger partial charge in [0.25, 0.3) is 11.6 Å². The van der Waals surface area contributed by atoms with Crippen molar-refractivity contribution in [2.24, 2.45) is 0 Å². The number of ether oxygens (including phenoxy) is 1. The number of nitrogens with zero attached hydrogens (tertiary/aromatic N) is 2. The molecule has 0 fully saturated rings. The van der Waals surface area contributed by atoms with Crippen LogP contribution in [0.15, 0.2) is 58.9 Å². The van der Waals surface area contributed by atoms with Gasteiger partial charge in [-0.3, -0.25) is 0 Å². The Hall–Kier alpha value is -3.54. The molecular weight excluding hydrogens is 416 g/mol. The van der Waals surface area contributed by atoms with Gasteiger partial charge in [0, 0.05) is 19.0 Å². The predicted molar refractivity (Wildman–Crippen MR) is 129 cm³/mol. The second kappa shape index (κ2) is 9.53. The van der Waals surface area contributed by atoms with Crippen LogP contribution in [0.25, 0.3) is 17.2 Å². The predicted octanol–water partition coefficient (Wildman–Crippen LogP) is 5.93. The molecule has 6 nitrogen and oxygen atoms in total. The van der Waals surface area contributed by atoms with Crippen molar-refractivity contribution in [3.8, 4) is 5.75 Å². The van der Waals surface area contributed by atoms with Gasteiger partial charge in [-0.25, -0.2) is 4.79 Å². The van der Waals surface area contributed by atoms with E-state index in [1.54, 1.807) is 4.57 Å². The van der Waals surface area contributed by atoms with E-state index in [0.717, 1.165) is 47.8 Å². The fourth-order valence-electron chi connectivity index (χ4n) is 4.25. The average Bonchev–Trinajstić information content (AvgIpc) is 3.31. The highest BCUT2D eigenvalue weighted by Crippen LogP contribution is 2.39. The second-order valence-electron chi connectivity index (χ2n) is 8.46. The van der Waals surface area contributed by atoms with E-state index >= 15 is 0 Å². The zero-order valence-electron chi connectivity index (χ0n) is 19.7. The van der Waals surface area contributed by atoms with Gasteiger partial charge in [-0.1, -0.05) is 25.5 Å². The molecule has 3 aromatic rings. The summed E-state index contributed by atoms with van der Waals surface area (Å²) in [6, 6.07) is 11.3. The minimum absolute atomic E-state index is 0.505. The van der Waals surface area contributed by atoms with E-state index in [0.29, 0.717) is 17.9 Å². The Bertz CT molecular complexity index is 1240. The standard InChI is InChI=1S/C27H30N2O4/c1-5-7-9-20(27(30)31)29-22-17-19(4)13-15-24(22)33-26(29)11-8-10-25-28(6-2)21-16-18(3)12-14-23(21)32-25/h8,10-17,20H,5-7,9H2,1-4H3/p+1. The molecular formula is C27H31N2O4+. The zero-order valence-corrected chi connectivity index (χ0v) is 19.7. The van der Waals surface area contributed by atoms with Crippen LogP contribution in [0.2, 0.25) is 0 Å². The summed E-state index contributed by atoms with van der Waals surface area (Å²) < 4.78 is 13.9. The van der Waals surface area contributed by atoms with Crippen molar-refractivity contribution >= 4 is 28.8 Å². The number of aryl methyl sites for hydroxylation is 2. The van der Waals surface area contributed by atoms with Crippen LogP contribution in [0, 0.1) is 13.8 Å². The molecule has 1 atom stereocenters. The Kier molecular flexibility index (Phi) is 6.54. The monoisotopic (exact) mass is 447 g/mol. The molecule has 1 N–H and O–H groups in total. The largest absolute Gasteiger partial charge is 0.476 e. The highest BCUT2D eigenvalue weighted by Gasteiger charge is 2.34. The molecule has 0 radical (unpaired) electrons. The maximum absolute atomic E-state index is 12.2. The van der Waals surface area contributed by atoms with Crippen molar-refractivity contribution < 1.29 is 23.6 Å². The molecule has 1 aliphatic rings. The first-order chi connectivity index (χ1) is 15.9. The van der Waals surface area contributed by atoms with Crippen LogP contribution in [0.5, 0.6) is 5.75 Å². The number of fused-ring (bicyclic) bond motifs is 2. The van der Waals surface area contributed by atoms with Gasteiger partial charge in [-0.05, 0) is 68.7 Å². The number of carboxylic acids is 1. The molecule has 6 heteroatoms. The first kappa shape index (κ1) is 22.6. The van der Waals surface area contributed by atoms with Crippen LogP contribution in [0.1, 0.15) is 56.2 Å². The number of anilines is 1. The quantitative estimate of drug-likeness (QED) is 0.434. The number of hydrogen-bond acceptors (Lipinski definition) is 4. The molecule has 0 aliphatic carbocycles. The number of allylic oxidation sites excluding steroid dienone is 2. The Labute approximate surface area is 194 Å². The Morgan fingerprint density at radius 1 is 1.15 bits per heavy atom. The molecule has 2 heterocycles. The molecule has 4 rings (SSSR count). The van der Waals surface area contributed by atoms with Crippen molar-refractivity contribution in [2.75, 3.05) is 11.4 Å². The maximum Gasteiger partial charge on any atom is 0.374 e. The molecule has 1 unspecified atom stereocenters. The summed E-state index contributed by atoms with van der Waals surface area (Å²) in [5.41, 5.74) is 4.75.